The summed E-state index contributed by atoms with van der Waals surface area (Å²) in [6.07, 6.45) is 0. The second kappa shape index (κ2) is 79.0. The molecule has 0 aliphatic heterocycles. The van der Waals surface area contributed by atoms with Crippen LogP contribution in [-0.2, 0) is 0 Å². The van der Waals surface area contributed by atoms with E-state index in [1.54, 1.807) is 0 Å². The summed E-state index contributed by atoms with van der Waals surface area (Å²) in [4.78, 5) is 0. The second-order valence-corrected chi connectivity index (χ2v) is 0. The van der Waals surface area contributed by atoms with Crippen molar-refractivity contribution in [2.75, 3.05) is 0 Å². The normalized spacial score (nSPS) is 0. The molecule has 0 heterocycles. The molecule has 0 amide bonds. The largest absolute Gasteiger partial charge is 3.00 e. The van der Waals surface area contributed by atoms with Crippen LogP contribution in [0.1, 0.15) is 1.43 Å². The van der Waals surface area contributed by atoms with Gasteiger partial charge in [0, 0.05) is 0 Å². The fourth-order valence-corrected chi connectivity index (χ4v) is 0. The number of rotatable bonds is 0. The summed E-state index contributed by atoms with van der Waals surface area (Å²) in [5, 5.41) is 0. The van der Waals surface area contributed by atoms with E-state index in [1.807, 2.05) is 0 Å². The molecule has 0 fully saturated rings. The van der Waals surface area contributed by atoms with Crippen molar-refractivity contribution in [3.63, 3.8) is 0 Å². The molecule has 6 N–H and O–H groups in total. The zero-order valence-corrected chi connectivity index (χ0v) is 4.46. The predicted octanol–water partition coefficient (Wildman–Crippen LogP) is -1.11. The molecule has 0 bridgehead atoms. The maximum absolute atomic E-state index is 0. The molecular formula is H7AlLiN3. The number of hydrogen-bond acceptors (Lipinski definition) is 0. The number of nitrogens with two attached hydrogens (primary N) is 3. The summed E-state index contributed by atoms with van der Waals surface area (Å²) in [5.41, 5.74) is 0. The van der Waals surface area contributed by atoms with Crippen molar-refractivity contribution in [3.05, 3.63) is 18.5 Å². The zero-order chi connectivity index (χ0) is 0. The third-order valence-corrected chi connectivity index (χ3v) is 0. The Morgan fingerprint density at radius 2 is 0.800 bits per heavy atom. The van der Waals surface area contributed by atoms with Crippen LogP contribution in [0.15, 0.2) is 0 Å². The van der Waals surface area contributed by atoms with Crippen LogP contribution in [0, 0.1) is 0 Å². The van der Waals surface area contributed by atoms with Crippen LogP contribution in [0.5, 0.6) is 0 Å². The minimum atomic E-state index is 0. The van der Waals surface area contributed by atoms with Crippen molar-refractivity contribution in [2.45, 2.75) is 0 Å². The van der Waals surface area contributed by atoms with Crippen molar-refractivity contribution in [1.82, 2.24) is 0 Å². The van der Waals surface area contributed by atoms with Crippen LogP contribution in [0.2, 0.25) is 0 Å². The Bertz CT molecular complexity index is 10.8. The van der Waals surface area contributed by atoms with Gasteiger partial charge in [0.25, 0.3) is 0 Å². The van der Waals surface area contributed by atoms with Gasteiger partial charge in [-0.15, -0.1) is 0 Å². The van der Waals surface area contributed by atoms with E-state index in [0.717, 1.165) is 0 Å². The molecule has 0 aliphatic rings. The van der Waals surface area contributed by atoms with Crippen molar-refractivity contribution in [1.29, 1.82) is 0 Å². The molecule has 3 nitrogen and oxygen atoms in total. The van der Waals surface area contributed by atoms with Gasteiger partial charge in [0.05, 0.1) is 0 Å². The third-order valence-electron chi connectivity index (χ3n) is 0. The monoisotopic (exact) mass is 83.1 g/mol. The van der Waals surface area contributed by atoms with E-state index in [1.165, 1.54) is 0 Å². The molecule has 0 aliphatic carbocycles. The van der Waals surface area contributed by atoms with Gasteiger partial charge < -0.3 is 19.9 Å². The van der Waals surface area contributed by atoms with E-state index in [2.05, 4.69) is 0 Å². The summed E-state index contributed by atoms with van der Waals surface area (Å²) < 4.78 is 0. The maximum Gasteiger partial charge on any atom is 3.00 e. The van der Waals surface area contributed by atoms with E-state index in [-0.39, 0.29) is 56.1 Å². The summed E-state index contributed by atoms with van der Waals surface area (Å²) >= 11 is 0. The molecule has 0 aromatic rings. The molecule has 5 heavy (non-hydrogen) atoms. The Kier molecular flexibility index (Phi) is 2340. The first kappa shape index (κ1) is 148. The Morgan fingerprint density at radius 3 is 0.800 bits per heavy atom. The Labute approximate surface area is 56.4 Å². The van der Waals surface area contributed by atoms with Gasteiger partial charge in [-0.2, -0.15) is 0 Å². The number of hydrogen-bond donors (Lipinski definition) is 0. The first-order valence-corrected chi connectivity index (χ1v) is 0. The van der Waals surface area contributed by atoms with Gasteiger partial charge in [-0.3, -0.25) is 0 Å². The second-order valence-electron chi connectivity index (χ2n) is 0. The van der Waals surface area contributed by atoms with Gasteiger partial charge >= 0.3 is 36.2 Å². The van der Waals surface area contributed by atoms with E-state index in [0.29, 0.717) is 0 Å². The molecular weight excluding hydrogens is 75.9 g/mol. The summed E-state index contributed by atoms with van der Waals surface area (Å²) in [6, 6.07) is 0. The molecule has 0 saturated carbocycles. The van der Waals surface area contributed by atoms with Crippen molar-refractivity contribution < 1.29 is 20.3 Å². The molecule has 0 atom stereocenters. The van der Waals surface area contributed by atoms with Crippen molar-refractivity contribution in [3.8, 4) is 0 Å². The average molecular weight is 83.0 g/mol. The van der Waals surface area contributed by atoms with E-state index < -0.39 is 0 Å². The van der Waals surface area contributed by atoms with Gasteiger partial charge in [-0.05, 0) is 0 Å². The molecule has 5 heteroatoms. The minimum Gasteiger partial charge on any atom is -1.00 e. The first-order valence-electron chi connectivity index (χ1n) is 0. The summed E-state index contributed by atoms with van der Waals surface area (Å²) in [6.45, 7) is 0. The zero-order valence-electron chi connectivity index (χ0n) is 4.31. The third kappa shape index (κ3) is 44.5. The molecule has 0 radical (unpaired) electrons. The molecule has 0 aromatic carbocycles. The van der Waals surface area contributed by atoms with Gasteiger partial charge in [0.1, 0.15) is 0 Å². The van der Waals surface area contributed by atoms with E-state index >= 15 is 0 Å². The fraction of sp³-hybridized carbons (Fsp3) is 0. The van der Waals surface area contributed by atoms with E-state index in [9.17, 15) is 0 Å². The fourth-order valence-electron chi connectivity index (χ4n) is 0. The van der Waals surface area contributed by atoms with Crippen LogP contribution < -0.4 is 18.9 Å². The van der Waals surface area contributed by atoms with Crippen molar-refractivity contribution >= 4 is 17.4 Å². The van der Waals surface area contributed by atoms with Crippen LogP contribution in [-0.4, -0.2) is 17.4 Å². The molecule has 0 rings (SSSR count). The van der Waals surface area contributed by atoms with Gasteiger partial charge in [-0.25, -0.2) is 0 Å². The van der Waals surface area contributed by atoms with Gasteiger partial charge in [0.2, 0.25) is 0 Å². The van der Waals surface area contributed by atoms with Crippen molar-refractivity contribution in [2.24, 2.45) is 0 Å². The summed E-state index contributed by atoms with van der Waals surface area (Å²) in [5.74, 6) is 0. The van der Waals surface area contributed by atoms with E-state index in [4.69, 9.17) is 0 Å². The molecule has 26 valence electrons. The molecule has 0 saturated heterocycles. The molecule has 0 unspecified atom stereocenters. The topological polar surface area (TPSA) is 100 Å². The minimum absolute atomic E-state index is 0. The molecule has 0 spiro atoms. The van der Waals surface area contributed by atoms with Crippen LogP contribution in [0.25, 0.3) is 18.5 Å². The quantitative estimate of drug-likeness (QED) is 0.331. The van der Waals surface area contributed by atoms with Crippen LogP contribution in [0.3, 0.4) is 0 Å². The smallest absolute Gasteiger partial charge is 1.00 e. The Morgan fingerprint density at radius 1 is 0.800 bits per heavy atom. The Balaban J connectivity index is 0. The molecule has 0 aromatic heterocycles. The first-order chi connectivity index (χ1) is 0. The van der Waals surface area contributed by atoms with Crippen LogP contribution >= 0.6 is 0 Å². The maximum atomic E-state index is 0. The SMILES string of the molecule is [Al+3].[H-].[Li+].[NH2-].[NH2-].[NH2-]. The van der Waals surface area contributed by atoms with Crippen LogP contribution in [0.4, 0.5) is 0 Å². The summed E-state index contributed by atoms with van der Waals surface area (Å²) in [7, 11) is 0. The standard InChI is InChI=1S/Al.Li.3H2N.H/h;;3*1H2;/q+3;+1;4*-1. The average Bonchev–Trinajstić information content (AvgIpc) is 0. The van der Waals surface area contributed by atoms with Gasteiger partial charge in [-0.1, -0.05) is 0 Å². The Hall–Kier alpha value is 1.01. The predicted molar refractivity (Wildman–Crippen MR) is 22.7 cm³/mol. The van der Waals surface area contributed by atoms with Gasteiger partial charge in [0.15, 0.2) is 0 Å².